The number of carbonyl (C=O) groups is 1. The summed E-state index contributed by atoms with van der Waals surface area (Å²) in [6.07, 6.45) is 2.22. The molecule has 29 heavy (non-hydrogen) atoms. The quantitative estimate of drug-likeness (QED) is 0.483. The Labute approximate surface area is 166 Å². The van der Waals surface area contributed by atoms with E-state index in [0.717, 1.165) is 16.6 Å². The Hall–Kier alpha value is -3.74. The number of pyridine rings is 2. The maximum absolute atomic E-state index is 13.4. The Morgan fingerprint density at radius 1 is 1.07 bits per heavy atom. The minimum absolute atomic E-state index is 0.242. The molecule has 1 aromatic carbocycles. The van der Waals surface area contributed by atoms with Gasteiger partial charge in [0.25, 0.3) is 0 Å². The number of carbonyl (C=O) groups excluding carboxylic acids is 1. The van der Waals surface area contributed by atoms with Gasteiger partial charge in [-0.15, -0.1) is 0 Å². The molecular formula is C22H18FN3O3. The summed E-state index contributed by atoms with van der Waals surface area (Å²) in [5.41, 5.74) is 4.22. The molecule has 3 heterocycles. The summed E-state index contributed by atoms with van der Waals surface area (Å²) in [7, 11) is 2.91. The van der Waals surface area contributed by atoms with E-state index in [4.69, 9.17) is 9.47 Å². The van der Waals surface area contributed by atoms with Crippen molar-refractivity contribution in [3.05, 3.63) is 83.6 Å². The lowest BCUT2D eigenvalue weighted by Gasteiger charge is -2.06. The van der Waals surface area contributed by atoms with E-state index in [1.807, 2.05) is 18.2 Å². The Bertz CT molecular complexity index is 1190. The molecule has 0 N–H and O–H groups in total. The smallest absolute Gasteiger partial charge is 0.356 e. The van der Waals surface area contributed by atoms with Crippen LogP contribution in [0.2, 0.25) is 0 Å². The molecule has 146 valence electrons. The second-order valence-electron chi connectivity index (χ2n) is 6.42. The Morgan fingerprint density at radius 3 is 2.59 bits per heavy atom. The van der Waals surface area contributed by atoms with Crippen molar-refractivity contribution in [3.8, 4) is 17.0 Å². The maximum atomic E-state index is 13.4. The first-order chi connectivity index (χ1) is 14.1. The van der Waals surface area contributed by atoms with Crippen LogP contribution in [0.25, 0.3) is 16.8 Å². The van der Waals surface area contributed by atoms with Gasteiger partial charge in [0.05, 0.1) is 31.6 Å². The van der Waals surface area contributed by atoms with Gasteiger partial charge in [-0.25, -0.2) is 18.7 Å². The standard InChI is InChI=1S/C22H18FN3O3/c1-28-17-10-11-20-18(12-16-4-3-5-19(24-16)22(27)29-2)21(25-26(20)13-17)14-6-8-15(23)9-7-14/h3-11,13H,12H2,1-2H3. The Morgan fingerprint density at radius 2 is 1.86 bits per heavy atom. The summed E-state index contributed by atoms with van der Waals surface area (Å²) >= 11 is 0. The van der Waals surface area contributed by atoms with Crippen molar-refractivity contribution in [2.75, 3.05) is 14.2 Å². The van der Waals surface area contributed by atoms with Gasteiger partial charge >= 0.3 is 5.97 Å². The van der Waals surface area contributed by atoms with Crippen LogP contribution in [-0.4, -0.2) is 34.8 Å². The maximum Gasteiger partial charge on any atom is 0.356 e. The molecule has 0 spiro atoms. The van der Waals surface area contributed by atoms with Gasteiger partial charge in [0, 0.05) is 23.2 Å². The molecule has 4 rings (SSSR count). The second kappa shape index (κ2) is 7.71. The molecule has 0 aliphatic carbocycles. The summed E-state index contributed by atoms with van der Waals surface area (Å²) < 4.78 is 25.2. The molecule has 0 amide bonds. The normalized spacial score (nSPS) is 10.9. The van der Waals surface area contributed by atoms with Gasteiger partial charge in [0.2, 0.25) is 0 Å². The molecule has 7 heteroatoms. The molecule has 0 saturated heterocycles. The summed E-state index contributed by atoms with van der Waals surface area (Å²) in [4.78, 5) is 16.2. The van der Waals surface area contributed by atoms with Gasteiger partial charge in [-0.3, -0.25) is 0 Å². The largest absolute Gasteiger partial charge is 0.495 e. The van der Waals surface area contributed by atoms with Gasteiger partial charge in [-0.1, -0.05) is 6.07 Å². The molecular weight excluding hydrogens is 373 g/mol. The highest BCUT2D eigenvalue weighted by molar-refractivity contribution is 5.87. The first kappa shape index (κ1) is 18.6. The molecule has 0 unspecified atom stereocenters. The van der Waals surface area contributed by atoms with E-state index in [2.05, 4.69) is 10.1 Å². The van der Waals surface area contributed by atoms with E-state index < -0.39 is 5.97 Å². The average Bonchev–Trinajstić information content (AvgIpc) is 3.11. The second-order valence-corrected chi connectivity index (χ2v) is 6.42. The SMILES string of the molecule is COC(=O)c1cccc(Cc2c(-c3ccc(F)cc3)nn3cc(OC)ccc23)n1. The predicted octanol–water partition coefficient (Wildman–Crippen LogP) is 3.92. The summed E-state index contributed by atoms with van der Waals surface area (Å²) in [5.74, 6) is -0.133. The minimum atomic E-state index is -0.491. The molecule has 0 radical (unpaired) electrons. The van der Waals surface area contributed by atoms with Gasteiger partial charge in [-0.2, -0.15) is 5.10 Å². The molecule has 0 saturated carbocycles. The molecule has 6 nitrogen and oxygen atoms in total. The van der Waals surface area contributed by atoms with E-state index >= 15 is 0 Å². The highest BCUT2D eigenvalue weighted by atomic mass is 19.1. The lowest BCUT2D eigenvalue weighted by Crippen LogP contribution is -2.06. The third-order valence-corrected chi connectivity index (χ3v) is 4.62. The first-order valence-corrected chi connectivity index (χ1v) is 8.94. The highest BCUT2D eigenvalue weighted by Gasteiger charge is 2.17. The zero-order chi connectivity index (χ0) is 20.4. The van der Waals surface area contributed by atoms with Crippen LogP contribution in [0.5, 0.6) is 5.75 Å². The molecule has 0 aliphatic heterocycles. The number of esters is 1. The molecule has 4 aromatic rings. The van der Waals surface area contributed by atoms with Crippen LogP contribution in [0.3, 0.4) is 0 Å². The van der Waals surface area contributed by atoms with Gasteiger partial charge in [0.1, 0.15) is 17.3 Å². The minimum Gasteiger partial charge on any atom is -0.495 e. The van der Waals surface area contributed by atoms with Crippen LogP contribution < -0.4 is 4.74 Å². The molecule has 0 bridgehead atoms. The lowest BCUT2D eigenvalue weighted by molar-refractivity contribution is 0.0593. The fourth-order valence-electron chi connectivity index (χ4n) is 3.19. The lowest BCUT2D eigenvalue weighted by atomic mass is 10.0. The van der Waals surface area contributed by atoms with Crippen molar-refractivity contribution in [2.24, 2.45) is 0 Å². The van der Waals surface area contributed by atoms with Gasteiger partial charge in [-0.05, 0) is 48.5 Å². The van der Waals surface area contributed by atoms with Crippen LogP contribution >= 0.6 is 0 Å². The van der Waals surface area contributed by atoms with Gasteiger partial charge in [0.15, 0.2) is 0 Å². The van der Waals surface area contributed by atoms with Crippen molar-refractivity contribution in [1.82, 2.24) is 14.6 Å². The van der Waals surface area contributed by atoms with Crippen molar-refractivity contribution in [1.29, 1.82) is 0 Å². The first-order valence-electron chi connectivity index (χ1n) is 8.94. The van der Waals surface area contributed by atoms with Crippen molar-refractivity contribution in [3.63, 3.8) is 0 Å². The third-order valence-electron chi connectivity index (χ3n) is 4.62. The summed E-state index contributed by atoms with van der Waals surface area (Å²) in [6, 6.07) is 15.2. The van der Waals surface area contributed by atoms with Crippen LogP contribution in [0.4, 0.5) is 4.39 Å². The topological polar surface area (TPSA) is 65.7 Å². The number of ether oxygens (including phenoxy) is 2. The van der Waals surface area contributed by atoms with Crippen molar-refractivity contribution < 1.29 is 18.7 Å². The monoisotopic (exact) mass is 391 g/mol. The number of fused-ring (bicyclic) bond motifs is 1. The number of rotatable bonds is 5. The molecule has 3 aromatic heterocycles. The summed E-state index contributed by atoms with van der Waals surface area (Å²) in [6.45, 7) is 0. The number of methoxy groups -OCH3 is 2. The number of aromatic nitrogens is 3. The average molecular weight is 391 g/mol. The Balaban J connectivity index is 1.84. The fraction of sp³-hybridized carbons (Fsp3) is 0.136. The van der Waals surface area contributed by atoms with Crippen molar-refractivity contribution in [2.45, 2.75) is 6.42 Å². The fourth-order valence-corrected chi connectivity index (χ4v) is 3.19. The molecule has 0 aliphatic rings. The van der Waals surface area contributed by atoms with Crippen LogP contribution in [-0.2, 0) is 11.2 Å². The Kier molecular flexibility index (Phi) is 4.95. The number of nitrogens with zero attached hydrogens (tertiary/aromatic N) is 3. The number of hydrogen-bond donors (Lipinski definition) is 0. The van der Waals surface area contributed by atoms with Crippen LogP contribution in [0.15, 0.2) is 60.8 Å². The van der Waals surface area contributed by atoms with Crippen LogP contribution in [0.1, 0.15) is 21.7 Å². The summed E-state index contributed by atoms with van der Waals surface area (Å²) in [5, 5.41) is 4.69. The molecule has 0 atom stereocenters. The van der Waals surface area contributed by atoms with E-state index in [1.54, 1.807) is 42.1 Å². The van der Waals surface area contributed by atoms with E-state index in [-0.39, 0.29) is 11.5 Å². The highest BCUT2D eigenvalue weighted by Crippen LogP contribution is 2.29. The van der Waals surface area contributed by atoms with Crippen LogP contribution in [0, 0.1) is 5.82 Å². The number of halogens is 1. The van der Waals surface area contributed by atoms with Gasteiger partial charge < -0.3 is 9.47 Å². The number of hydrogen-bond acceptors (Lipinski definition) is 5. The van der Waals surface area contributed by atoms with E-state index in [1.165, 1.54) is 19.2 Å². The number of benzene rings is 1. The third kappa shape index (κ3) is 3.67. The van der Waals surface area contributed by atoms with E-state index in [9.17, 15) is 9.18 Å². The predicted molar refractivity (Wildman–Crippen MR) is 106 cm³/mol. The zero-order valence-electron chi connectivity index (χ0n) is 15.9. The van der Waals surface area contributed by atoms with E-state index in [0.29, 0.717) is 23.6 Å². The van der Waals surface area contributed by atoms with Crippen molar-refractivity contribution >= 4 is 11.5 Å². The molecule has 0 fully saturated rings. The zero-order valence-corrected chi connectivity index (χ0v) is 15.9.